The molecule has 1 aliphatic rings. The number of morpholine rings is 1. The van der Waals surface area contributed by atoms with E-state index in [0.717, 1.165) is 53.6 Å². The molecule has 0 spiro atoms. The topological polar surface area (TPSA) is 76.3 Å². The van der Waals surface area contributed by atoms with E-state index in [1.54, 1.807) is 6.20 Å². The third-order valence-corrected chi connectivity index (χ3v) is 4.84. The number of benzene rings is 1. The van der Waals surface area contributed by atoms with E-state index in [1.807, 2.05) is 12.1 Å². The number of fused-ring (bicyclic) bond motifs is 1. The summed E-state index contributed by atoms with van der Waals surface area (Å²) in [6, 6.07) is 4.04. The maximum atomic E-state index is 5.85. The van der Waals surface area contributed by atoms with Crippen LogP contribution in [0.15, 0.2) is 23.0 Å². The Kier molecular flexibility index (Phi) is 4.02. The fourth-order valence-corrected chi connectivity index (χ4v) is 3.52. The zero-order valence-corrected chi connectivity index (χ0v) is 13.7. The predicted molar refractivity (Wildman–Crippen MR) is 89.3 cm³/mol. The molecule has 1 aromatic carbocycles. The lowest BCUT2D eigenvalue weighted by Gasteiger charge is -2.28. The first kappa shape index (κ1) is 14.7. The van der Waals surface area contributed by atoms with Crippen LogP contribution in [0, 0.1) is 0 Å². The van der Waals surface area contributed by atoms with Crippen LogP contribution in [0.5, 0.6) is 0 Å². The molecule has 4 rings (SSSR count). The van der Waals surface area contributed by atoms with Crippen LogP contribution >= 0.6 is 22.9 Å². The van der Waals surface area contributed by atoms with Crippen LogP contribution in [0.25, 0.3) is 11.0 Å². The van der Waals surface area contributed by atoms with Gasteiger partial charge in [0.1, 0.15) is 0 Å². The van der Waals surface area contributed by atoms with E-state index in [2.05, 4.69) is 25.5 Å². The standard InChI is InChI=1S/C14H14ClN5O2S/c15-14-17-8-9(23-14)7-16-10-1-2-11(13-12(10)18-22-19-13)20-3-5-21-6-4-20/h1-2,8,16H,3-7H2. The van der Waals surface area contributed by atoms with Crippen LogP contribution in [0.2, 0.25) is 4.47 Å². The second-order valence-electron chi connectivity index (χ2n) is 5.13. The molecule has 3 heterocycles. The van der Waals surface area contributed by atoms with E-state index in [-0.39, 0.29) is 0 Å². The lowest BCUT2D eigenvalue weighted by atomic mass is 10.2. The van der Waals surface area contributed by atoms with Crippen molar-refractivity contribution in [3.63, 3.8) is 0 Å². The van der Waals surface area contributed by atoms with Gasteiger partial charge in [0.15, 0.2) is 15.5 Å². The van der Waals surface area contributed by atoms with Gasteiger partial charge >= 0.3 is 0 Å². The van der Waals surface area contributed by atoms with Crippen molar-refractivity contribution in [2.45, 2.75) is 6.54 Å². The zero-order chi connectivity index (χ0) is 15.6. The number of hydrogen-bond donors (Lipinski definition) is 1. The molecule has 0 bridgehead atoms. The second kappa shape index (κ2) is 6.31. The maximum Gasteiger partial charge on any atom is 0.183 e. The highest BCUT2D eigenvalue weighted by molar-refractivity contribution is 7.15. The van der Waals surface area contributed by atoms with E-state index in [1.165, 1.54) is 11.3 Å². The lowest BCUT2D eigenvalue weighted by molar-refractivity contribution is 0.123. The molecule has 3 aromatic rings. The first-order valence-corrected chi connectivity index (χ1v) is 8.43. The number of rotatable bonds is 4. The molecule has 0 atom stereocenters. The van der Waals surface area contributed by atoms with E-state index in [4.69, 9.17) is 21.0 Å². The second-order valence-corrected chi connectivity index (χ2v) is 6.82. The molecule has 7 nitrogen and oxygen atoms in total. The third kappa shape index (κ3) is 2.97. The summed E-state index contributed by atoms with van der Waals surface area (Å²) in [5.74, 6) is 0. The number of ether oxygens (including phenoxy) is 1. The minimum absolute atomic E-state index is 0.540. The monoisotopic (exact) mass is 351 g/mol. The van der Waals surface area contributed by atoms with Crippen molar-refractivity contribution in [1.29, 1.82) is 0 Å². The highest BCUT2D eigenvalue weighted by Crippen LogP contribution is 2.31. The fraction of sp³-hybridized carbons (Fsp3) is 0.357. The molecule has 0 amide bonds. The summed E-state index contributed by atoms with van der Waals surface area (Å²) in [5, 5.41) is 11.5. The number of hydrogen-bond acceptors (Lipinski definition) is 8. The van der Waals surface area contributed by atoms with Crippen molar-refractivity contribution in [2.24, 2.45) is 0 Å². The Morgan fingerprint density at radius 1 is 1.22 bits per heavy atom. The Bertz CT molecular complexity index is 814. The Balaban J connectivity index is 1.60. The zero-order valence-electron chi connectivity index (χ0n) is 12.2. The Morgan fingerprint density at radius 3 is 2.83 bits per heavy atom. The molecule has 1 aliphatic heterocycles. The number of anilines is 2. The summed E-state index contributed by atoms with van der Waals surface area (Å²) >= 11 is 7.30. The fourth-order valence-electron chi connectivity index (χ4n) is 2.60. The quantitative estimate of drug-likeness (QED) is 0.774. The molecule has 9 heteroatoms. The minimum atomic E-state index is 0.540. The van der Waals surface area contributed by atoms with Crippen LogP contribution in [0.1, 0.15) is 4.88 Å². The van der Waals surface area contributed by atoms with Crippen LogP contribution in [0.3, 0.4) is 0 Å². The SMILES string of the molecule is Clc1ncc(CNc2ccc(N3CCOCC3)c3nonc23)s1. The van der Waals surface area contributed by atoms with Gasteiger partial charge in [-0.25, -0.2) is 9.61 Å². The largest absolute Gasteiger partial charge is 0.378 e. The number of thiazole rings is 1. The van der Waals surface area contributed by atoms with Crippen LogP contribution < -0.4 is 10.2 Å². The predicted octanol–water partition coefficient (Wildman–Crippen LogP) is 2.78. The van der Waals surface area contributed by atoms with Crippen LogP contribution in [-0.4, -0.2) is 41.6 Å². The third-order valence-electron chi connectivity index (χ3n) is 3.72. The van der Waals surface area contributed by atoms with Crippen molar-refractivity contribution in [3.8, 4) is 0 Å². The molecule has 120 valence electrons. The van der Waals surface area contributed by atoms with Gasteiger partial charge in [0, 0.05) is 24.2 Å². The van der Waals surface area contributed by atoms with Gasteiger partial charge in [0.05, 0.1) is 31.1 Å². The van der Waals surface area contributed by atoms with E-state index in [9.17, 15) is 0 Å². The van der Waals surface area contributed by atoms with Crippen molar-refractivity contribution in [3.05, 3.63) is 27.7 Å². The molecule has 23 heavy (non-hydrogen) atoms. The van der Waals surface area contributed by atoms with Gasteiger partial charge in [-0.05, 0) is 22.4 Å². The van der Waals surface area contributed by atoms with Gasteiger partial charge in [-0.15, -0.1) is 11.3 Å². The maximum absolute atomic E-state index is 5.85. The molecule has 1 fully saturated rings. The lowest BCUT2D eigenvalue weighted by Crippen LogP contribution is -2.36. The van der Waals surface area contributed by atoms with Gasteiger partial charge in [0.25, 0.3) is 0 Å². The number of nitrogens with zero attached hydrogens (tertiary/aromatic N) is 4. The van der Waals surface area contributed by atoms with E-state index >= 15 is 0 Å². The normalized spacial score (nSPS) is 15.3. The first-order chi connectivity index (χ1) is 11.3. The highest BCUT2D eigenvalue weighted by atomic mass is 35.5. The van der Waals surface area contributed by atoms with Crippen molar-refractivity contribution >= 4 is 45.3 Å². The average Bonchev–Trinajstić information content (AvgIpc) is 3.22. The van der Waals surface area contributed by atoms with Gasteiger partial charge in [-0.3, -0.25) is 0 Å². The molecule has 0 aliphatic carbocycles. The Morgan fingerprint density at radius 2 is 2.04 bits per heavy atom. The van der Waals surface area contributed by atoms with Gasteiger partial charge in [0.2, 0.25) is 0 Å². The van der Waals surface area contributed by atoms with Crippen LogP contribution in [0.4, 0.5) is 11.4 Å². The molecular formula is C14H14ClN5O2S. The summed E-state index contributed by atoms with van der Waals surface area (Å²) in [4.78, 5) is 7.33. The summed E-state index contributed by atoms with van der Waals surface area (Å²) < 4.78 is 10.9. The van der Waals surface area contributed by atoms with Gasteiger partial charge in [-0.1, -0.05) is 11.6 Å². The van der Waals surface area contributed by atoms with E-state index in [0.29, 0.717) is 11.0 Å². The molecule has 0 unspecified atom stereocenters. The molecule has 1 saturated heterocycles. The van der Waals surface area contributed by atoms with Crippen LogP contribution in [-0.2, 0) is 11.3 Å². The number of halogens is 1. The molecule has 1 N–H and O–H groups in total. The van der Waals surface area contributed by atoms with Crippen molar-refractivity contribution in [2.75, 3.05) is 36.5 Å². The summed E-state index contributed by atoms with van der Waals surface area (Å²) in [7, 11) is 0. The molecule has 0 saturated carbocycles. The summed E-state index contributed by atoms with van der Waals surface area (Å²) in [5.41, 5.74) is 3.39. The Hall–Kier alpha value is -1.90. The van der Waals surface area contributed by atoms with Crippen molar-refractivity contribution < 1.29 is 9.37 Å². The van der Waals surface area contributed by atoms with Gasteiger partial charge in [-0.2, -0.15) is 0 Å². The number of nitrogens with one attached hydrogen (secondary N) is 1. The summed E-state index contributed by atoms with van der Waals surface area (Å²) in [6.07, 6.45) is 1.76. The molecular weight excluding hydrogens is 338 g/mol. The Labute approximate surface area is 141 Å². The number of aromatic nitrogens is 3. The average molecular weight is 352 g/mol. The highest BCUT2D eigenvalue weighted by Gasteiger charge is 2.18. The summed E-state index contributed by atoms with van der Waals surface area (Å²) in [6.45, 7) is 3.75. The smallest absolute Gasteiger partial charge is 0.183 e. The van der Waals surface area contributed by atoms with Gasteiger partial charge < -0.3 is 15.0 Å². The first-order valence-electron chi connectivity index (χ1n) is 7.23. The molecule has 2 aromatic heterocycles. The van der Waals surface area contributed by atoms with Crippen molar-refractivity contribution in [1.82, 2.24) is 15.3 Å². The molecule has 0 radical (unpaired) electrons. The van der Waals surface area contributed by atoms with E-state index < -0.39 is 0 Å². The minimum Gasteiger partial charge on any atom is -0.378 e.